The third-order valence-electron chi connectivity index (χ3n) is 3.00. The third kappa shape index (κ3) is 4.68. The first-order chi connectivity index (χ1) is 10.1. The molecule has 0 aliphatic heterocycles. The first kappa shape index (κ1) is 15.7. The van der Waals surface area contributed by atoms with Crippen LogP contribution in [0.4, 0.5) is 0 Å². The van der Waals surface area contributed by atoms with E-state index in [-0.39, 0.29) is 25.0 Å². The number of carbonyl (C=O) groups is 1. The van der Waals surface area contributed by atoms with Gasteiger partial charge >= 0.3 is 0 Å². The standard InChI is InChI=1S/C15H20N2O3S/c1-10(2)5-12(7-18)16-14(19)6-13-9-21-15(17-13)11-3-4-20-8-11/h3-4,8-10,12,18H,5-7H2,1-2H3,(H,16,19). The molecular weight excluding hydrogens is 288 g/mol. The number of aliphatic hydroxyl groups excluding tert-OH is 1. The van der Waals surface area contributed by atoms with Gasteiger partial charge in [-0.15, -0.1) is 11.3 Å². The number of furan rings is 1. The number of nitrogens with zero attached hydrogens (tertiary/aromatic N) is 1. The van der Waals surface area contributed by atoms with Crippen molar-refractivity contribution in [1.29, 1.82) is 0 Å². The van der Waals surface area contributed by atoms with E-state index in [1.807, 2.05) is 11.4 Å². The Balaban J connectivity index is 1.91. The highest BCUT2D eigenvalue weighted by molar-refractivity contribution is 7.13. The van der Waals surface area contributed by atoms with Crippen molar-refractivity contribution >= 4 is 17.2 Å². The maximum atomic E-state index is 12.0. The molecule has 0 spiro atoms. The minimum absolute atomic E-state index is 0.0404. The molecule has 5 nitrogen and oxygen atoms in total. The van der Waals surface area contributed by atoms with Gasteiger partial charge in [-0.3, -0.25) is 4.79 Å². The van der Waals surface area contributed by atoms with Crippen LogP contribution in [0.5, 0.6) is 0 Å². The van der Waals surface area contributed by atoms with E-state index in [4.69, 9.17) is 4.42 Å². The Labute approximate surface area is 128 Å². The van der Waals surface area contributed by atoms with Crippen LogP contribution < -0.4 is 5.32 Å². The van der Waals surface area contributed by atoms with Crippen molar-refractivity contribution < 1.29 is 14.3 Å². The van der Waals surface area contributed by atoms with E-state index >= 15 is 0 Å². The Kier molecular flexibility index (Phi) is 5.52. The topological polar surface area (TPSA) is 75.4 Å². The van der Waals surface area contributed by atoms with Crippen LogP contribution in [0.25, 0.3) is 10.6 Å². The lowest BCUT2D eigenvalue weighted by molar-refractivity contribution is -0.121. The fourth-order valence-corrected chi connectivity index (χ4v) is 2.90. The molecule has 2 rings (SSSR count). The van der Waals surface area contributed by atoms with Crippen molar-refractivity contribution in [2.45, 2.75) is 32.7 Å². The monoisotopic (exact) mass is 308 g/mol. The summed E-state index contributed by atoms with van der Waals surface area (Å²) in [7, 11) is 0. The maximum Gasteiger partial charge on any atom is 0.226 e. The minimum Gasteiger partial charge on any atom is -0.472 e. The van der Waals surface area contributed by atoms with Gasteiger partial charge in [-0.05, 0) is 18.4 Å². The number of nitrogens with one attached hydrogen (secondary N) is 1. The Hall–Kier alpha value is -1.66. The highest BCUT2D eigenvalue weighted by Crippen LogP contribution is 2.24. The lowest BCUT2D eigenvalue weighted by Crippen LogP contribution is -2.39. The zero-order valence-electron chi connectivity index (χ0n) is 12.2. The van der Waals surface area contributed by atoms with Crippen molar-refractivity contribution in [1.82, 2.24) is 10.3 Å². The van der Waals surface area contributed by atoms with Crippen LogP contribution in [0.15, 0.2) is 28.4 Å². The SMILES string of the molecule is CC(C)CC(CO)NC(=O)Cc1csc(-c2ccoc2)n1. The van der Waals surface area contributed by atoms with E-state index in [9.17, 15) is 9.90 Å². The fourth-order valence-electron chi connectivity index (χ4n) is 2.10. The molecule has 0 aliphatic rings. The first-order valence-electron chi connectivity index (χ1n) is 6.95. The van der Waals surface area contributed by atoms with Gasteiger partial charge in [-0.1, -0.05) is 13.8 Å². The second kappa shape index (κ2) is 7.38. The molecule has 0 saturated heterocycles. The van der Waals surface area contributed by atoms with Crippen LogP contribution in [0.2, 0.25) is 0 Å². The molecule has 2 aromatic heterocycles. The second-order valence-corrected chi connectivity index (χ2v) is 6.27. The Morgan fingerprint density at radius 3 is 2.95 bits per heavy atom. The molecule has 0 bridgehead atoms. The van der Waals surface area contributed by atoms with E-state index in [1.165, 1.54) is 11.3 Å². The zero-order valence-corrected chi connectivity index (χ0v) is 13.0. The van der Waals surface area contributed by atoms with E-state index in [1.54, 1.807) is 12.5 Å². The van der Waals surface area contributed by atoms with Crippen LogP contribution in [-0.2, 0) is 11.2 Å². The zero-order chi connectivity index (χ0) is 15.2. The fraction of sp³-hybridized carbons (Fsp3) is 0.467. The summed E-state index contributed by atoms with van der Waals surface area (Å²) in [6.07, 6.45) is 4.22. The molecule has 114 valence electrons. The van der Waals surface area contributed by atoms with Gasteiger partial charge < -0.3 is 14.8 Å². The summed E-state index contributed by atoms with van der Waals surface area (Å²) in [4.78, 5) is 16.4. The molecule has 2 heterocycles. The molecule has 0 radical (unpaired) electrons. The summed E-state index contributed by atoms with van der Waals surface area (Å²) in [5.41, 5.74) is 1.65. The summed E-state index contributed by atoms with van der Waals surface area (Å²) in [5, 5.41) is 14.8. The van der Waals surface area contributed by atoms with Gasteiger partial charge in [0.05, 0.1) is 31.0 Å². The van der Waals surface area contributed by atoms with Crippen LogP contribution in [0.1, 0.15) is 26.0 Å². The lowest BCUT2D eigenvalue weighted by Gasteiger charge is -2.17. The van der Waals surface area contributed by atoms with Gasteiger partial charge in [0, 0.05) is 10.9 Å². The molecule has 1 amide bonds. The van der Waals surface area contributed by atoms with Gasteiger partial charge in [-0.2, -0.15) is 0 Å². The molecule has 0 fully saturated rings. The average Bonchev–Trinajstić information content (AvgIpc) is 3.07. The summed E-state index contributed by atoms with van der Waals surface area (Å²) in [5.74, 6) is 0.313. The number of amides is 1. The average molecular weight is 308 g/mol. The maximum absolute atomic E-state index is 12.0. The van der Waals surface area contributed by atoms with Crippen molar-refractivity contribution in [3.05, 3.63) is 29.7 Å². The number of rotatable bonds is 7. The normalized spacial score (nSPS) is 12.6. The molecule has 21 heavy (non-hydrogen) atoms. The molecule has 0 aromatic carbocycles. The molecule has 0 aliphatic carbocycles. The molecule has 6 heteroatoms. The summed E-state index contributed by atoms with van der Waals surface area (Å²) < 4.78 is 5.02. The van der Waals surface area contributed by atoms with Crippen molar-refractivity contribution in [3.8, 4) is 10.6 Å². The molecule has 0 saturated carbocycles. The predicted octanol–water partition coefficient (Wildman–Crippen LogP) is 2.47. The number of carbonyl (C=O) groups excluding carboxylic acids is 1. The number of aliphatic hydroxyl groups is 1. The van der Waals surface area contributed by atoms with Crippen LogP contribution in [0.3, 0.4) is 0 Å². The largest absolute Gasteiger partial charge is 0.472 e. The number of thiazole rings is 1. The lowest BCUT2D eigenvalue weighted by atomic mass is 10.0. The van der Waals surface area contributed by atoms with Crippen molar-refractivity contribution in [2.75, 3.05) is 6.61 Å². The molecular formula is C15H20N2O3S. The minimum atomic E-state index is -0.190. The van der Waals surface area contributed by atoms with Crippen LogP contribution in [0, 0.1) is 5.92 Å². The first-order valence-corrected chi connectivity index (χ1v) is 7.83. The quantitative estimate of drug-likeness (QED) is 0.824. The van der Waals surface area contributed by atoms with Gasteiger partial charge in [0.1, 0.15) is 11.3 Å². The second-order valence-electron chi connectivity index (χ2n) is 5.41. The summed E-state index contributed by atoms with van der Waals surface area (Å²) in [6, 6.07) is 1.65. The van der Waals surface area contributed by atoms with Gasteiger partial charge in [0.25, 0.3) is 0 Å². The number of hydrogen-bond acceptors (Lipinski definition) is 5. The van der Waals surface area contributed by atoms with Crippen molar-refractivity contribution in [2.24, 2.45) is 5.92 Å². The number of hydrogen-bond donors (Lipinski definition) is 2. The number of aromatic nitrogens is 1. The molecule has 1 unspecified atom stereocenters. The van der Waals surface area contributed by atoms with Gasteiger partial charge in [-0.25, -0.2) is 4.98 Å². The molecule has 2 N–H and O–H groups in total. The summed E-state index contributed by atoms with van der Waals surface area (Å²) in [6.45, 7) is 4.08. The van der Waals surface area contributed by atoms with E-state index in [0.29, 0.717) is 5.92 Å². The van der Waals surface area contributed by atoms with Gasteiger partial charge in [0.15, 0.2) is 0 Å². The predicted molar refractivity (Wildman–Crippen MR) is 82.0 cm³/mol. The highest BCUT2D eigenvalue weighted by Gasteiger charge is 2.15. The Morgan fingerprint density at radius 1 is 1.52 bits per heavy atom. The van der Waals surface area contributed by atoms with Gasteiger partial charge in [0.2, 0.25) is 5.91 Å². The smallest absolute Gasteiger partial charge is 0.226 e. The van der Waals surface area contributed by atoms with E-state index < -0.39 is 0 Å². The highest BCUT2D eigenvalue weighted by atomic mass is 32.1. The summed E-state index contributed by atoms with van der Waals surface area (Å²) >= 11 is 1.48. The third-order valence-corrected chi connectivity index (χ3v) is 3.94. The molecule has 1 atom stereocenters. The Morgan fingerprint density at radius 2 is 2.33 bits per heavy atom. The van der Waals surface area contributed by atoms with E-state index in [0.717, 1.165) is 22.7 Å². The Bertz CT molecular complexity index is 563. The van der Waals surface area contributed by atoms with E-state index in [2.05, 4.69) is 24.1 Å². The van der Waals surface area contributed by atoms with Crippen LogP contribution in [-0.4, -0.2) is 28.6 Å². The molecule has 2 aromatic rings. The van der Waals surface area contributed by atoms with Crippen molar-refractivity contribution in [3.63, 3.8) is 0 Å². The van der Waals surface area contributed by atoms with Crippen LogP contribution >= 0.6 is 11.3 Å².